The Labute approximate surface area is 116 Å². The standard InChI is InChI=1S/C12H8ClF3N2O2/c13-9-5-10(18-11(17-9)12(14,15)16)20-8-3-1-2-7(4-8)6-19/h1-5,19H,6H2. The van der Waals surface area contributed by atoms with Crippen molar-refractivity contribution >= 4 is 11.6 Å². The second kappa shape index (κ2) is 5.64. The number of halogens is 4. The molecule has 2 rings (SSSR count). The predicted molar refractivity (Wildman–Crippen MR) is 64.5 cm³/mol. The van der Waals surface area contributed by atoms with Crippen LogP contribution >= 0.6 is 11.6 Å². The number of rotatable bonds is 3. The van der Waals surface area contributed by atoms with Gasteiger partial charge in [0, 0.05) is 6.07 Å². The molecule has 0 saturated carbocycles. The van der Waals surface area contributed by atoms with Gasteiger partial charge < -0.3 is 9.84 Å². The molecule has 0 saturated heterocycles. The molecule has 0 aliphatic carbocycles. The van der Waals surface area contributed by atoms with E-state index in [-0.39, 0.29) is 23.4 Å². The summed E-state index contributed by atoms with van der Waals surface area (Å²) in [6.45, 7) is -0.213. The van der Waals surface area contributed by atoms with E-state index in [0.717, 1.165) is 6.07 Å². The third-order valence-corrected chi connectivity index (χ3v) is 2.42. The molecular weight excluding hydrogens is 297 g/mol. The predicted octanol–water partition coefficient (Wildman–Crippen LogP) is 3.43. The molecule has 8 heteroatoms. The minimum absolute atomic E-state index is 0.213. The SMILES string of the molecule is OCc1cccc(Oc2cc(Cl)nc(C(F)(F)F)n2)c1. The summed E-state index contributed by atoms with van der Waals surface area (Å²) < 4.78 is 42.8. The summed E-state index contributed by atoms with van der Waals surface area (Å²) in [7, 11) is 0. The molecule has 20 heavy (non-hydrogen) atoms. The van der Waals surface area contributed by atoms with Crippen molar-refractivity contribution in [2.75, 3.05) is 0 Å². The van der Waals surface area contributed by atoms with E-state index < -0.39 is 12.0 Å². The lowest BCUT2D eigenvalue weighted by Gasteiger charge is -2.09. The Bertz CT molecular complexity index is 620. The summed E-state index contributed by atoms with van der Waals surface area (Å²) >= 11 is 5.51. The zero-order chi connectivity index (χ0) is 14.8. The molecule has 0 bridgehead atoms. The molecule has 1 heterocycles. The maximum Gasteiger partial charge on any atom is 0.451 e. The molecule has 2 aromatic rings. The number of benzene rings is 1. The maximum atomic E-state index is 12.5. The number of nitrogens with zero attached hydrogens (tertiary/aromatic N) is 2. The van der Waals surface area contributed by atoms with Crippen LogP contribution in [0.15, 0.2) is 30.3 Å². The van der Waals surface area contributed by atoms with Crippen LogP contribution < -0.4 is 4.74 Å². The van der Waals surface area contributed by atoms with Crippen LogP contribution in [0.3, 0.4) is 0 Å². The fraction of sp³-hybridized carbons (Fsp3) is 0.167. The van der Waals surface area contributed by atoms with Crippen molar-refractivity contribution in [3.05, 3.63) is 46.9 Å². The monoisotopic (exact) mass is 304 g/mol. The van der Waals surface area contributed by atoms with Gasteiger partial charge in [-0.2, -0.15) is 18.2 Å². The molecule has 0 aliphatic heterocycles. The number of alkyl halides is 3. The third kappa shape index (κ3) is 3.58. The minimum atomic E-state index is -4.71. The van der Waals surface area contributed by atoms with Gasteiger partial charge in [-0.15, -0.1) is 0 Å². The highest BCUT2D eigenvalue weighted by molar-refractivity contribution is 6.29. The second-order valence-electron chi connectivity index (χ2n) is 3.76. The lowest BCUT2D eigenvalue weighted by atomic mass is 10.2. The molecule has 0 aliphatic rings. The Balaban J connectivity index is 2.31. The molecule has 0 amide bonds. The highest BCUT2D eigenvalue weighted by Crippen LogP contribution is 2.30. The van der Waals surface area contributed by atoms with E-state index in [1.165, 1.54) is 12.1 Å². The van der Waals surface area contributed by atoms with Crippen molar-refractivity contribution in [2.45, 2.75) is 12.8 Å². The van der Waals surface area contributed by atoms with E-state index in [1.807, 2.05) is 0 Å². The molecule has 106 valence electrons. The van der Waals surface area contributed by atoms with E-state index in [4.69, 9.17) is 21.4 Å². The van der Waals surface area contributed by atoms with Crippen LogP contribution in [0.1, 0.15) is 11.4 Å². The molecule has 0 radical (unpaired) electrons. The Kier molecular flexibility index (Phi) is 4.10. The topological polar surface area (TPSA) is 55.2 Å². The highest BCUT2D eigenvalue weighted by Gasteiger charge is 2.35. The first kappa shape index (κ1) is 14.5. The minimum Gasteiger partial charge on any atom is -0.439 e. The first-order valence-corrected chi connectivity index (χ1v) is 5.76. The average molecular weight is 305 g/mol. The number of aromatic nitrogens is 2. The smallest absolute Gasteiger partial charge is 0.439 e. The lowest BCUT2D eigenvalue weighted by Crippen LogP contribution is -2.11. The molecule has 0 atom stereocenters. The van der Waals surface area contributed by atoms with Crippen molar-refractivity contribution in [1.82, 2.24) is 9.97 Å². The van der Waals surface area contributed by atoms with Crippen LogP contribution in [0.2, 0.25) is 5.15 Å². The van der Waals surface area contributed by atoms with Gasteiger partial charge in [0.15, 0.2) is 0 Å². The molecule has 0 fully saturated rings. The molecule has 0 spiro atoms. The van der Waals surface area contributed by atoms with Gasteiger partial charge in [-0.05, 0) is 17.7 Å². The second-order valence-corrected chi connectivity index (χ2v) is 4.15. The Hall–Kier alpha value is -1.86. The third-order valence-electron chi connectivity index (χ3n) is 2.23. The fourth-order valence-electron chi connectivity index (χ4n) is 1.40. The van der Waals surface area contributed by atoms with Crippen molar-refractivity contribution in [1.29, 1.82) is 0 Å². The van der Waals surface area contributed by atoms with E-state index in [0.29, 0.717) is 5.56 Å². The highest BCUT2D eigenvalue weighted by atomic mass is 35.5. The molecule has 4 nitrogen and oxygen atoms in total. The van der Waals surface area contributed by atoms with E-state index in [2.05, 4.69) is 9.97 Å². The average Bonchev–Trinajstić information content (AvgIpc) is 2.37. The fourth-order valence-corrected chi connectivity index (χ4v) is 1.58. The van der Waals surface area contributed by atoms with Crippen LogP contribution in [0.4, 0.5) is 13.2 Å². The van der Waals surface area contributed by atoms with Gasteiger partial charge in [-0.3, -0.25) is 0 Å². The van der Waals surface area contributed by atoms with E-state index in [9.17, 15) is 13.2 Å². The largest absolute Gasteiger partial charge is 0.451 e. The van der Waals surface area contributed by atoms with Crippen LogP contribution in [-0.2, 0) is 12.8 Å². The van der Waals surface area contributed by atoms with Gasteiger partial charge >= 0.3 is 6.18 Å². The summed E-state index contributed by atoms with van der Waals surface area (Å²) in [5.74, 6) is -1.47. The molecule has 1 N–H and O–H groups in total. The summed E-state index contributed by atoms with van der Waals surface area (Å²) in [6.07, 6.45) is -4.71. The van der Waals surface area contributed by atoms with E-state index in [1.54, 1.807) is 12.1 Å². The zero-order valence-corrected chi connectivity index (χ0v) is 10.6. The first-order chi connectivity index (χ1) is 9.38. The Morgan fingerprint density at radius 3 is 2.60 bits per heavy atom. The lowest BCUT2D eigenvalue weighted by molar-refractivity contribution is -0.145. The van der Waals surface area contributed by atoms with Crippen molar-refractivity contribution in [3.63, 3.8) is 0 Å². The van der Waals surface area contributed by atoms with Crippen LogP contribution in [0, 0.1) is 0 Å². The summed E-state index contributed by atoms with van der Waals surface area (Å²) in [5.41, 5.74) is 0.554. The van der Waals surface area contributed by atoms with Crippen molar-refractivity contribution < 1.29 is 23.0 Å². The number of ether oxygens (including phenoxy) is 1. The molecule has 1 aromatic carbocycles. The Morgan fingerprint density at radius 2 is 1.95 bits per heavy atom. The van der Waals surface area contributed by atoms with Crippen molar-refractivity contribution in [3.8, 4) is 11.6 Å². The molecular formula is C12H8ClF3N2O2. The Morgan fingerprint density at radius 1 is 1.20 bits per heavy atom. The van der Waals surface area contributed by atoms with Crippen LogP contribution in [-0.4, -0.2) is 15.1 Å². The molecule has 0 unspecified atom stereocenters. The first-order valence-electron chi connectivity index (χ1n) is 5.38. The van der Waals surface area contributed by atoms with Gasteiger partial charge in [-0.1, -0.05) is 23.7 Å². The van der Waals surface area contributed by atoms with Gasteiger partial charge in [-0.25, -0.2) is 4.98 Å². The zero-order valence-electron chi connectivity index (χ0n) is 9.86. The molecule has 1 aromatic heterocycles. The number of aliphatic hydroxyl groups excluding tert-OH is 1. The summed E-state index contributed by atoms with van der Waals surface area (Å²) in [5, 5.41) is 8.60. The summed E-state index contributed by atoms with van der Waals surface area (Å²) in [6, 6.07) is 7.30. The van der Waals surface area contributed by atoms with Crippen LogP contribution in [0.5, 0.6) is 11.6 Å². The van der Waals surface area contributed by atoms with Gasteiger partial charge in [0.2, 0.25) is 11.7 Å². The van der Waals surface area contributed by atoms with Gasteiger partial charge in [0.25, 0.3) is 0 Å². The van der Waals surface area contributed by atoms with Gasteiger partial charge in [0.05, 0.1) is 6.61 Å². The van der Waals surface area contributed by atoms with Crippen molar-refractivity contribution in [2.24, 2.45) is 0 Å². The number of hydrogen-bond donors (Lipinski definition) is 1. The normalized spacial score (nSPS) is 11.4. The number of aliphatic hydroxyl groups is 1. The number of hydrogen-bond acceptors (Lipinski definition) is 4. The summed E-state index contributed by atoms with van der Waals surface area (Å²) in [4.78, 5) is 6.34. The van der Waals surface area contributed by atoms with Gasteiger partial charge in [0.1, 0.15) is 10.9 Å². The van der Waals surface area contributed by atoms with Crippen LogP contribution in [0.25, 0.3) is 0 Å². The quantitative estimate of drug-likeness (QED) is 0.883. The maximum absolute atomic E-state index is 12.5. The van der Waals surface area contributed by atoms with E-state index >= 15 is 0 Å².